The number of carbonyl (C=O) groups excluding carboxylic acids is 1. The number of hydrogen-bond acceptors (Lipinski definition) is 4. The first kappa shape index (κ1) is 16.0. The number of fused-ring (bicyclic) bond motifs is 1. The van der Waals surface area contributed by atoms with E-state index in [0.29, 0.717) is 18.0 Å². The molecule has 0 spiro atoms. The average Bonchev–Trinajstić information content (AvgIpc) is 2.80. The van der Waals surface area contributed by atoms with Gasteiger partial charge >= 0.3 is 0 Å². The van der Waals surface area contributed by atoms with Crippen LogP contribution in [0.1, 0.15) is 43.2 Å². The van der Waals surface area contributed by atoms with Gasteiger partial charge in [-0.1, -0.05) is 20.8 Å². The van der Waals surface area contributed by atoms with Crippen LogP contribution < -0.4 is 5.32 Å². The lowest BCUT2D eigenvalue weighted by molar-refractivity contribution is -0.117. The van der Waals surface area contributed by atoms with E-state index in [1.807, 2.05) is 13.8 Å². The molecular weight excluding hydrogens is 282 g/mol. The van der Waals surface area contributed by atoms with Crippen LogP contribution in [-0.4, -0.2) is 30.4 Å². The Labute approximate surface area is 130 Å². The van der Waals surface area contributed by atoms with Gasteiger partial charge in [-0.15, -0.1) is 11.3 Å². The molecule has 0 unspecified atom stereocenters. The zero-order chi connectivity index (χ0) is 15.4. The minimum atomic E-state index is -0.0261. The molecule has 0 aliphatic heterocycles. The highest BCUT2D eigenvalue weighted by molar-refractivity contribution is 7.16. The summed E-state index contributed by atoms with van der Waals surface area (Å²) in [6, 6.07) is 2.29. The average molecular weight is 305 g/mol. The maximum atomic E-state index is 12.1. The second-order valence-corrected chi connectivity index (χ2v) is 6.78. The highest BCUT2D eigenvalue weighted by Crippen LogP contribution is 2.39. The Morgan fingerprint density at radius 3 is 2.81 bits per heavy atom. The van der Waals surface area contributed by atoms with Crippen molar-refractivity contribution in [2.24, 2.45) is 5.92 Å². The molecule has 1 aromatic heterocycles. The number of likely N-dealkylation sites (N-methyl/N-ethyl adjacent to an activating group) is 1. The number of thiophene rings is 1. The van der Waals surface area contributed by atoms with Crippen LogP contribution in [0.5, 0.6) is 0 Å². The molecule has 1 heterocycles. The quantitative estimate of drug-likeness (QED) is 0.909. The van der Waals surface area contributed by atoms with Crippen LogP contribution in [0.4, 0.5) is 5.00 Å². The lowest BCUT2D eigenvalue weighted by atomic mass is 9.89. The van der Waals surface area contributed by atoms with Crippen molar-refractivity contribution in [3.8, 4) is 6.07 Å². The number of nitrogens with zero attached hydrogens (tertiary/aromatic N) is 2. The Morgan fingerprint density at radius 2 is 2.19 bits per heavy atom. The van der Waals surface area contributed by atoms with Gasteiger partial charge in [0.15, 0.2) is 0 Å². The highest BCUT2D eigenvalue weighted by atomic mass is 32.1. The molecule has 0 radical (unpaired) electrons. The fraction of sp³-hybridized carbons (Fsp3) is 0.625. The first-order valence-corrected chi connectivity index (χ1v) is 8.47. The topological polar surface area (TPSA) is 56.1 Å². The van der Waals surface area contributed by atoms with Gasteiger partial charge in [0.05, 0.1) is 12.1 Å². The molecule has 1 amide bonds. The molecule has 2 rings (SSSR count). The van der Waals surface area contributed by atoms with Gasteiger partial charge in [0.2, 0.25) is 5.91 Å². The number of anilines is 1. The Hall–Kier alpha value is -1.38. The van der Waals surface area contributed by atoms with Gasteiger partial charge in [0.25, 0.3) is 0 Å². The maximum Gasteiger partial charge on any atom is 0.239 e. The number of carbonyl (C=O) groups is 1. The summed E-state index contributed by atoms with van der Waals surface area (Å²) in [5.74, 6) is 0.642. The van der Waals surface area contributed by atoms with Crippen molar-refractivity contribution in [1.82, 2.24) is 4.90 Å². The summed E-state index contributed by atoms with van der Waals surface area (Å²) in [6.45, 7) is 8.43. The molecule has 1 aliphatic rings. The summed E-state index contributed by atoms with van der Waals surface area (Å²) >= 11 is 1.59. The minimum absolute atomic E-state index is 0.0261. The third kappa shape index (κ3) is 3.63. The highest BCUT2D eigenvalue weighted by Gasteiger charge is 2.24. The minimum Gasteiger partial charge on any atom is -0.315 e. The summed E-state index contributed by atoms with van der Waals surface area (Å²) in [4.78, 5) is 15.5. The maximum absolute atomic E-state index is 12.1. The first-order valence-electron chi connectivity index (χ1n) is 7.65. The molecule has 0 saturated carbocycles. The Morgan fingerprint density at radius 1 is 1.48 bits per heavy atom. The molecule has 4 nitrogen and oxygen atoms in total. The van der Waals surface area contributed by atoms with Gasteiger partial charge < -0.3 is 5.32 Å². The molecule has 1 aliphatic carbocycles. The van der Waals surface area contributed by atoms with Crippen molar-refractivity contribution < 1.29 is 4.79 Å². The van der Waals surface area contributed by atoms with Crippen LogP contribution in [0.25, 0.3) is 0 Å². The lowest BCUT2D eigenvalue weighted by Gasteiger charge is -2.17. The van der Waals surface area contributed by atoms with E-state index in [1.165, 1.54) is 10.4 Å². The van der Waals surface area contributed by atoms with Crippen molar-refractivity contribution in [1.29, 1.82) is 5.26 Å². The van der Waals surface area contributed by atoms with Crippen molar-refractivity contribution in [3.05, 3.63) is 16.0 Å². The van der Waals surface area contributed by atoms with Crippen LogP contribution >= 0.6 is 11.3 Å². The number of rotatable bonds is 5. The Kier molecular flexibility index (Phi) is 5.38. The smallest absolute Gasteiger partial charge is 0.239 e. The summed E-state index contributed by atoms with van der Waals surface area (Å²) in [5, 5.41) is 13.1. The van der Waals surface area contributed by atoms with Gasteiger partial charge in [0, 0.05) is 4.88 Å². The third-order valence-electron chi connectivity index (χ3n) is 4.14. The van der Waals surface area contributed by atoms with Gasteiger partial charge in [-0.3, -0.25) is 9.69 Å². The van der Waals surface area contributed by atoms with Crippen molar-refractivity contribution >= 4 is 22.2 Å². The predicted molar refractivity (Wildman–Crippen MR) is 86.6 cm³/mol. The van der Waals surface area contributed by atoms with E-state index < -0.39 is 0 Å². The fourth-order valence-corrected chi connectivity index (χ4v) is 4.15. The second kappa shape index (κ2) is 7.06. The largest absolute Gasteiger partial charge is 0.315 e. The normalized spacial score (nSPS) is 17.4. The molecule has 5 heteroatoms. The van der Waals surface area contributed by atoms with Crippen LogP contribution in [-0.2, 0) is 17.6 Å². The zero-order valence-corrected chi connectivity index (χ0v) is 13.8. The van der Waals surface area contributed by atoms with E-state index in [1.54, 1.807) is 11.3 Å². The SMILES string of the molecule is CCN(CC)CC(=O)Nc1sc2c(c1C#N)CC[C@@H](C)C2. The first-order chi connectivity index (χ1) is 10.1. The standard InChI is InChI=1S/C16H23N3OS/c1-4-19(5-2)10-15(20)18-16-13(9-17)12-7-6-11(3)8-14(12)21-16/h11H,4-8,10H2,1-3H3,(H,18,20)/t11-/m1/s1. The van der Waals surface area contributed by atoms with E-state index in [0.717, 1.165) is 37.4 Å². The van der Waals surface area contributed by atoms with Gasteiger partial charge in [0.1, 0.15) is 11.1 Å². The Bertz CT molecular complexity index is 555. The van der Waals surface area contributed by atoms with Crippen molar-refractivity contribution in [2.75, 3.05) is 25.0 Å². The molecule has 1 atom stereocenters. The number of amides is 1. The third-order valence-corrected chi connectivity index (χ3v) is 5.31. The van der Waals surface area contributed by atoms with Crippen molar-refractivity contribution in [3.63, 3.8) is 0 Å². The molecule has 21 heavy (non-hydrogen) atoms. The van der Waals surface area contributed by atoms with Crippen LogP contribution in [0.15, 0.2) is 0 Å². The van der Waals surface area contributed by atoms with Crippen LogP contribution in [0.2, 0.25) is 0 Å². The van der Waals surface area contributed by atoms with Crippen molar-refractivity contribution in [2.45, 2.75) is 40.0 Å². The molecular formula is C16H23N3OS. The zero-order valence-electron chi connectivity index (χ0n) is 13.0. The van der Waals surface area contributed by atoms with E-state index in [-0.39, 0.29) is 5.91 Å². The van der Waals surface area contributed by atoms with Crippen LogP contribution in [0.3, 0.4) is 0 Å². The Balaban J connectivity index is 2.14. The monoisotopic (exact) mass is 305 g/mol. The van der Waals surface area contributed by atoms with Crippen LogP contribution in [0, 0.1) is 17.2 Å². The van der Waals surface area contributed by atoms with E-state index in [9.17, 15) is 10.1 Å². The van der Waals surface area contributed by atoms with E-state index in [4.69, 9.17) is 0 Å². The number of nitriles is 1. The molecule has 0 aromatic carbocycles. The summed E-state index contributed by atoms with van der Waals surface area (Å²) in [7, 11) is 0. The van der Waals surface area contributed by atoms with Gasteiger partial charge in [-0.2, -0.15) is 5.26 Å². The van der Waals surface area contributed by atoms with Gasteiger partial charge in [-0.25, -0.2) is 0 Å². The van der Waals surface area contributed by atoms with E-state index in [2.05, 4.69) is 23.2 Å². The summed E-state index contributed by atoms with van der Waals surface area (Å²) in [6.07, 6.45) is 3.12. The molecule has 0 fully saturated rings. The molecule has 114 valence electrons. The predicted octanol–water partition coefficient (Wildman–Crippen LogP) is 3.02. The fourth-order valence-electron chi connectivity index (χ4n) is 2.77. The summed E-state index contributed by atoms with van der Waals surface area (Å²) in [5.41, 5.74) is 1.86. The molecule has 0 saturated heterocycles. The second-order valence-electron chi connectivity index (χ2n) is 5.68. The lowest BCUT2D eigenvalue weighted by Crippen LogP contribution is -2.32. The molecule has 1 N–H and O–H groups in total. The van der Waals surface area contributed by atoms with Gasteiger partial charge in [-0.05, 0) is 43.8 Å². The molecule has 1 aromatic rings. The summed E-state index contributed by atoms with van der Waals surface area (Å²) < 4.78 is 0. The number of hydrogen-bond donors (Lipinski definition) is 1. The van der Waals surface area contributed by atoms with E-state index >= 15 is 0 Å². The number of nitrogens with one attached hydrogen (secondary N) is 1. The molecule has 0 bridgehead atoms.